The number of hydrogen-bond acceptors (Lipinski definition) is 7. The van der Waals surface area contributed by atoms with Crippen molar-refractivity contribution < 1.29 is 42.2 Å². The molecule has 2 aliphatic heterocycles. The number of imide groups is 1. The fourth-order valence-electron chi connectivity index (χ4n) is 5.79. The van der Waals surface area contributed by atoms with Crippen molar-refractivity contribution in [3.8, 4) is 11.5 Å². The summed E-state index contributed by atoms with van der Waals surface area (Å²) in [6, 6.07) is 11.2. The summed E-state index contributed by atoms with van der Waals surface area (Å²) in [7, 11) is 0. The Morgan fingerprint density at radius 2 is 1.70 bits per heavy atom. The lowest BCUT2D eigenvalue weighted by Gasteiger charge is -2.27. The van der Waals surface area contributed by atoms with Crippen LogP contribution in [0.4, 0.5) is 8.78 Å². The molecule has 3 aliphatic rings. The number of carbonyl (C=O) groups excluding carboxylic acids is 5. The van der Waals surface area contributed by atoms with Crippen LogP contribution in [0.15, 0.2) is 54.6 Å². The maximum absolute atomic E-state index is 13.5. The van der Waals surface area contributed by atoms with Gasteiger partial charge in [-0.25, -0.2) is 0 Å². The molecular weight excluding hydrogens is 564 g/mol. The first-order valence-corrected chi connectivity index (χ1v) is 14.1. The number of fused-ring (bicyclic) bond motifs is 1. The van der Waals surface area contributed by atoms with E-state index in [1.54, 1.807) is 30.3 Å². The quantitative estimate of drug-likeness (QED) is 0.217. The molecule has 1 aliphatic carbocycles. The van der Waals surface area contributed by atoms with Gasteiger partial charge in [0.1, 0.15) is 5.92 Å². The highest BCUT2D eigenvalue weighted by molar-refractivity contribution is 6.16. The van der Waals surface area contributed by atoms with Gasteiger partial charge in [-0.2, -0.15) is 0 Å². The third-order valence-electron chi connectivity index (χ3n) is 8.00. The number of hydrogen-bond donors (Lipinski definition) is 3. The van der Waals surface area contributed by atoms with E-state index in [2.05, 4.69) is 25.4 Å². The lowest BCUT2D eigenvalue weighted by molar-refractivity contribution is -0.286. The molecule has 0 unspecified atom stereocenters. The highest BCUT2D eigenvalue weighted by atomic mass is 19.3. The van der Waals surface area contributed by atoms with Crippen molar-refractivity contribution in [3.05, 3.63) is 65.7 Å². The minimum atomic E-state index is -3.76. The minimum absolute atomic E-state index is 0.120. The van der Waals surface area contributed by atoms with E-state index in [0.717, 1.165) is 12.8 Å². The molecule has 2 heterocycles. The summed E-state index contributed by atoms with van der Waals surface area (Å²) in [5.41, 5.74) is 1.05. The second kappa shape index (κ2) is 12.3. The van der Waals surface area contributed by atoms with Crippen LogP contribution in [-0.2, 0) is 24.0 Å². The van der Waals surface area contributed by atoms with E-state index in [0.29, 0.717) is 24.0 Å². The first-order chi connectivity index (χ1) is 20.5. The molecule has 4 amide bonds. The molecule has 2 aromatic rings. The van der Waals surface area contributed by atoms with Crippen molar-refractivity contribution in [3.63, 3.8) is 0 Å². The van der Waals surface area contributed by atoms with Gasteiger partial charge in [0.05, 0.1) is 24.4 Å². The molecule has 226 valence electrons. The molecule has 43 heavy (non-hydrogen) atoms. The van der Waals surface area contributed by atoms with Crippen molar-refractivity contribution in [1.82, 2.24) is 16.0 Å². The Morgan fingerprint density at radius 1 is 1.00 bits per heavy atom. The van der Waals surface area contributed by atoms with Gasteiger partial charge in [0.25, 0.3) is 0 Å². The molecule has 5 rings (SSSR count). The van der Waals surface area contributed by atoms with Gasteiger partial charge in [-0.3, -0.25) is 29.3 Å². The van der Waals surface area contributed by atoms with Crippen LogP contribution >= 0.6 is 0 Å². The molecule has 1 saturated carbocycles. The SMILES string of the molecule is C[C@@H]1C(=O)NC(=O)[C@H]1C(=O)[C@@H](NC(=O)C[C@H](NC(=O)/C=C/c1ccc2c(c1)OC(F)(F)O2)c1ccccc1)C1CCCC1. The third-order valence-corrected chi connectivity index (χ3v) is 8.00. The van der Waals surface area contributed by atoms with E-state index >= 15 is 0 Å². The smallest absolute Gasteiger partial charge is 0.395 e. The van der Waals surface area contributed by atoms with Crippen molar-refractivity contribution in [2.24, 2.45) is 17.8 Å². The van der Waals surface area contributed by atoms with Gasteiger partial charge in [-0.1, -0.05) is 56.2 Å². The molecule has 0 radical (unpaired) electrons. The number of benzene rings is 2. The Labute approximate surface area is 246 Å². The summed E-state index contributed by atoms with van der Waals surface area (Å²) in [6.07, 6.45) is 1.82. The molecule has 4 atom stereocenters. The van der Waals surface area contributed by atoms with E-state index in [1.165, 1.54) is 37.3 Å². The van der Waals surface area contributed by atoms with E-state index in [9.17, 15) is 32.8 Å². The van der Waals surface area contributed by atoms with Gasteiger partial charge >= 0.3 is 6.29 Å². The topological polar surface area (TPSA) is 140 Å². The Balaban J connectivity index is 1.28. The van der Waals surface area contributed by atoms with Crippen LogP contribution in [0.25, 0.3) is 6.08 Å². The van der Waals surface area contributed by atoms with Crippen LogP contribution in [-0.4, -0.2) is 41.7 Å². The van der Waals surface area contributed by atoms with E-state index in [1.807, 2.05) is 0 Å². The highest BCUT2D eigenvalue weighted by Gasteiger charge is 2.47. The Morgan fingerprint density at radius 3 is 2.37 bits per heavy atom. The second-order valence-electron chi connectivity index (χ2n) is 11.0. The lowest BCUT2D eigenvalue weighted by atomic mass is 9.83. The predicted molar refractivity (Wildman–Crippen MR) is 148 cm³/mol. The average molecular weight is 596 g/mol. The van der Waals surface area contributed by atoms with Crippen molar-refractivity contribution in [2.45, 2.75) is 57.4 Å². The van der Waals surface area contributed by atoms with E-state index < -0.39 is 59.6 Å². The standard InChI is InChI=1S/C31H31F2N3O7/c1-17-26(30(41)36-29(17)40)28(39)27(20-9-5-6-10-20)35-25(38)16-21(19-7-3-2-4-8-19)34-24(37)14-12-18-11-13-22-23(15-18)43-31(32,33)42-22/h2-4,7-8,11-15,17,20-21,26-27H,5-6,9-10,16H2,1H3,(H,34,37)(H,35,38)(H,36,40,41)/b14-12+/t17-,21-,26+,27-/m0/s1. The molecule has 3 N–H and O–H groups in total. The van der Waals surface area contributed by atoms with Crippen LogP contribution in [0, 0.1) is 17.8 Å². The summed E-state index contributed by atoms with van der Waals surface area (Å²) < 4.78 is 35.5. The van der Waals surface area contributed by atoms with Gasteiger partial charge in [0, 0.05) is 6.08 Å². The molecule has 12 heteroatoms. The predicted octanol–water partition coefficient (Wildman–Crippen LogP) is 3.42. The van der Waals surface area contributed by atoms with Crippen LogP contribution < -0.4 is 25.4 Å². The molecule has 2 fully saturated rings. The lowest BCUT2D eigenvalue weighted by Crippen LogP contribution is -2.50. The van der Waals surface area contributed by atoms with Crippen molar-refractivity contribution >= 4 is 35.5 Å². The maximum atomic E-state index is 13.5. The summed E-state index contributed by atoms with van der Waals surface area (Å²) >= 11 is 0. The number of nitrogens with one attached hydrogen (secondary N) is 3. The molecule has 10 nitrogen and oxygen atoms in total. The molecule has 0 bridgehead atoms. The van der Waals surface area contributed by atoms with Gasteiger partial charge in [-0.05, 0) is 48.1 Å². The number of alkyl halides is 2. The van der Waals surface area contributed by atoms with Crippen LogP contribution in [0.2, 0.25) is 0 Å². The first-order valence-electron chi connectivity index (χ1n) is 14.1. The van der Waals surface area contributed by atoms with E-state index in [-0.39, 0.29) is 23.8 Å². The molecule has 0 aromatic heterocycles. The zero-order chi connectivity index (χ0) is 30.7. The number of ketones is 1. The number of rotatable bonds is 10. The average Bonchev–Trinajstić information content (AvgIpc) is 3.67. The van der Waals surface area contributed by atoms with Crippen LogP contribution in [0.1, 0.15) is 56.2 Å². The van der Waals surface area contributed by atoms with Crippen LogP contribution in [0.5, 0.6) is 11.5 Å². The van der Waals surface area contributed by atoms with Crippen molar-refractivity contribution in [2.75, 3.05) is 0 Å². The number of amides is 4. The summed E-state index contributed by atoms with van der Waals surface area (Å²) in [5.74, 6) is -5.16. The minimum Gasteiger partial charge on any atom is -0.395 e. The Hall–Kier alpha value is -4.61. The number of Topliss-reactive ketones (excluding diaryl/α,β-unsaturated/α-hetero) is 1. The van der Waals surface area contributed by atoms with Gasteiger partial charge in [0.2, 0.25) is 23.6 Å². The zero-order valence-electron chi connectivity index (χ0n) is 23.3. The van der Waals surface area contributed by atoms with Gasteiger partial charge < -0.3 is 20.1 Å². The fourth-order valence-corrected chi connectivity index (χ4v) is 5.79. The Kier molecular flexibility index (Phi) is 8.56. The number of carbonyl (C=O) groups is 5. The van der Waals surface area contributed by atoms with E-state index in [4.69, 9.17) is 0 Å². The monoisotopic (exact) mass is 595 g/mol. The molecular formula is C31H31F2N3O7. The highest BCUT2D eigenvalue weighted by Crippen LogP contribution is 2.41. The second-order valence-corrected chi connectivity index (χ2v) is 11.0. The largest absolute Gasteiger partial charge is 0.586 e. The Bertz CT molecular complexity index is 1460. The first kappa shape index (κ1) is 29.9. The van der Waals surface area contributed by atoms with Crippen molar-refractivity contribution in [1.29, 1.82) is 0 Å². The zero-order valence-corrected chi connectivity index (χ0v) is 23.3. The summed E-state index contributed by atoms with van der Waals surface area (Å²) in [6.45, 7) is 1.52. The summed E-state index contributed by atoms with van der Waals surface area (Å²) in [4.78, 5) is 64.2. The van der Waals surface area contributed by atoms with Crippen LogP contribution in [0.3, 0.4) is 0 Å². The number of ether oxygens (including phenoxy) is 2. The fraction of sp³-hybridized carbons (Fsp3) is 0.387. The maximum Gasteiger partial charge on any atom is 0.586 e. The molecule has 2 aromatic carbocycles. The normalized spacial score (nSPS) is 22.3. The van der Waals surface area contributed by atoms with Gasteiger partial charge in [-0.15, -0.1) is 8.78 Å². The third kappa shape index (κ3) is 6.90. The molecule has 1 saturated heterocycles. The molecule has 0 spiro atoms. The number of halogens is 2. The van der Waals surface area contributed by atoms with Gasteiger partial charge in [0.15, 0.2) is 17.3 Å². The summed E-state index contributed by atoms with van der Waals surface area (Å²) in [5, 5.41) is 7.81.